The number of benzene rings is 2. The van der Waals surface area contributed by atoms with Crippen molar-refractivity contribution in [3.63, 3.8) is 0 Å². The van der Waals surface area contributed by atoms with Crippen molar-refractivity contribution in [1.29, 1.82) is 0 Å². The van der Waals surface area contributed by atoms with Crippen LogP contribution in [-0.2, 0) is 26.0 Å². The highest BCUT2D eigenvalue weighted by Crippen LogP contribution is 2.18. The first-order chi connectivity index (χ1) is 12.7. The Bertz CT molecular complexity index is 921. The molecule has 2 aromatic rings. The number of aryl methyl sites for hydroxylation is 1. The first kappa shape index (κ1) is 20.6. The van der Waals surface area contributed by atoms with Gasteiger partial charge in [-0.3, -0.25) is 4.79 Å². The van der Waals surface area contributed by atoms with Crippen LogP contribution in [0.2, 0.25) is 0 Å². The Kier molecular flexibility index (Phi) is 6.70. The van der Waals surface area contributed by atoms with E-state index in [4.69, 9.17) is 4.74 Å². The van der Waals surface area contributed by atoms with Crippen molar-refractivity contribution in [2.75, 3.05) is 26.0 Å². The number of rotatable bonds is 7. The summed E-state index contributed by atoms with van der Waals surface area (Å²) >= 11 is 0. The number of nitrogens with zero attached hydrogens (tertiary/aromatic N) is 1. The largest absolute Gasteiger partial charge is 0.452 e. The Morgan fingerprint density at radius 1 is 1.07 bits per heavy atom. The zero-order valence-electron chi connectivity index (χ0n) is 15.4. The molecule has 2 rings (SSSR count). The topological polar surface area (TPSA) is 92.8 Å². The fraction of sp³-hybridized carbons (Fsp3) is 0.263. The minimum absolute atomic E-state index is 0.0540. The summed E-state index contributed by atoms with van der Waals surface area (Å²) in [4.78, 5) is 24.0. The molecule has 0 spiro atoms. The zero-order valence-corrected chi connectivity index (χ0v) is 16.2. The molecule has 0 saturated carbocycles. The van der Waals surface area contributed by atoms with Crippen LogP contribution in [0.25, 0.3) is 0 Å². The van der Waals surface area contributed by atoms with Crippen LogP contribution in [0.5, 0.6) is 0 Å². The van der Waals surface area contributed by atoms with Crippen LogP contribution in [0, 0.1) is 0 Å². The lowest BCUT2D eigenvalue weighted by Crippen LogP contribution is -2.23. The van der Waals surface area contributed by atoms with Gasteiger partial charge in [-0.05, 0) is 42.3 Å². The monoisotopic (exact) mass is 390 g/mol. The highest BCUT2D eigenvalue weighted by molar-refractivity contribution is 7.89. The van der Waals surface area contributed by atoms with Gasteiger partial charge in [0.1, 0.15) is 0 Å². The van der Waals surface area contributed by atoms with Crippen LogP contribution in [0.3, 0.4) is 0 Å². The van der Waals surface area contributed by atoms with E-state index in [2.05, 4.69) is 5.32 Å². The van der Waals surface area contributed by atoms with Gasteiger partial charge in [0, 0.05) is 19.8 Å². The van der Waals surface area contributed by atoms with Crippen molar-refractivity contribution in [2.24, 2.45) is 0 Å². The molecule has 0 aliphatic carbocycles. The third-order valence-electron chi connectivity index (χ3n) is 3.83. The molecule has 1 amide bonds. The Morgan fingerprint density at radius 2 is 1.74 bits per heavy atom. The number of amides is 1. The average molecular weight is 390 g/mol. The van der Waals surface area contributed by atoms with E-state index >= 15 is 0 Å². The number of anilines is 1. The summed E-state index contributed by atoms with van der Waals surface area (Å²) in [5.41, 5.74) is 1.75. The van der Waals surface area contributed by atoms with E-state index in [1.165, 1.54) is 32.3 Å². The van der Waals surface area contributed by atoms with Crippen molar-refractivity contribution in [2.45, 2.75) is 18.2 Å². The quantitative estimate of drug-likeness (QED) is 0.732. The first-order valence-electron chi connectivity index (χ1n) is 8.32. The summed E-state index contributed by atoms with van der Waals surface area (Å²) < 4.78 is 30.3. The molecule has 0 fully saturated rings. The zero-order chi connectivity index (χ0) is 20.0. The standard InChI is InChI=1S/C19H22N2O5S/c1-4-14-8-10-15(11-9-14)19(23)26-13-18(22)20-16-6-5-7-17(12-16)27(24,25)21(2)3/h5-12H,4,13H2,1-3H3,(H,20,22). The lowest BCUT2D eigenvalue weighted by atomic mass is 10.1. The normalized spacial score (nSPS) is 11.3. The number of nitrogens with one attached hydrogen (secondary N) is 1. The van der Waals surface area contributed by atoms with E-state index in [1.807, 2.05) is 19.1 Å². The molecule has 8 heteroatoms. The fourth-order valence-corrected chi connectivity index (χ4v) is 3.18. The van der Waals surface area contributed by atoms with E-state index in [0.29, 0.717) is 11.3 Å². The van der Waals surface area contributed by atoms with Crippen molar-refractivity contribution in [3.05, 3.63) is 59.7 Å². The second kappa shape index (κ2) is 8.79. The fourth-order valence-electron chi connectivity index (χ4n) is 2.23. The van der Waals surface area contributed by atoms with Gasteiger partial charge < -0.3 is 10.1 Å². The van der Waals surface area contributed by atoms with Gasteiger partial charge in [-0.1, -0.05) is 25.1 Å². The maximum Gasteiger partial charge on any atom is 0.338 e. The average Bonchev–Trinajstić information content (AvgIpc) is 2.66. The van der Waals surface area contributed by atoms with Crippen molar-refractivity contribution in [1.82, 2.24) is 4.31 Å². The molecule has 0 radical (unpaired) electrons. The Labute approximate surface area is 159 Å². The van der Waals surface area contributed by atoms with Crippen molar-refractivity contribution in [3.8, 4) is 0 Å². The third-order valence-corrected chi connectivity index (χ3v) is 5.64. The molecule has 0 heterocycles. The molecule has 0 aromatic heterocycles. The maximum absolute atomic E-state index is 12.1. The number of ether oxygens (including phenoxy) is 1. The van der Waals surface area contributed by atoms with Gasteiger partial charge in [0.25, 0.3) is 5.91 Å². The van der Waals surface area contributed by atoms with E-state index < -0.39 is 28.5 Å². The summed E-state index contributed by atoms with van der Waals surface area (Å²) in [6, 6.07) is 12.8. The van der Waals surface area contributed by atoms with Crippen LogP contribution in [0.15, 0.2) is 53.4 Å². The first-order valence-corrected chi connectivity index (χ1v) is 9.76. The van der Waals surface area contributed by atoms with Gasteiger partial charge in [0.15, 0.2) is 6.61 Å². The SMILES string of the molecule is CCc1ccc(C(=O)OCC(=O)Nc2cccc(S(=O)(=O)N(C)C)c2)cc1. The molecule has 2 aromatic carbocycles. The number of carbonyl (C=O) groups excluding carboxylic acids is 2. The lowest BCUT2D eigenvalue weighted by Gasteiger charge is -2.12. The van der Waals surface area contributed by atoms with Gasteiger partial charge >= 0.3 is 5.97 Å². The predicted molar refractivity (Wildman–Crippen MR) is 102 cm³/mol. The summed E-state index contributed by atoms with van der Waals surface area (Å²) in [5.74, 6) is -1.16. The number of hydrogen-bond donors (Lipinski definition) is 1. The van der Waals surface area contributed by atoms with Crippen LogP contribution in [0.1, 0.15) is 22.8 Å². The highest BCUT2D eigenvalue weighted by Gasteiger charge is 2.18. The Balaban J connectivity index is 1.96. The Hall–Kier alpha value is -2.71. The van der Waals surface area contributed by atoms with Crippen molar-refractivity contribution < 1.29 is 22.7 Å². The third kappa shape index (κ3) is 5.38. The van der Waals surface area contributed by atoms with Gasteiger partial charge in [-0.15, -0.1) is 0 Å². The number of sulfonamides is 1. The summed E-state index contributed by atoms with van der Waals surface area (Å²) in [6.45, 7) is 1.54. The molecule has 7 nitrogen and oxygen atoms in total. The maximum atomic E-state index is 12.1. The highest BCUT2D eigenvalue weighted by atomic mass is 32.2. The number of hydrogen-bond acceptors (Lipinski definition) is 5. The molecule has 0 unspecified atom stereocenters. The van der Waals surface area contributed by atoms with Crippen molar-refractivity contribution >= 4 is 27.6 Å². The molecule has 0 atom stereocenters. The van der Waals surface area contributed by atoms with Gasteiger partial charge in [-0.25, -0.2) is 17.5 Å². The van der Waals surface area contributed by atoms with E-state index in [1.54, 1.807) is 18.2 Å². The summed E-state index contributed by atoms with van der Waals surface area (Å²) in [7, 11) is -0.759. The van der Waals surface area contributed by atoms with Crippen LogP contribution >= 0.6 is 0 Å². The van der Waals surface area contributed by atoms with Gasteiger partial charge in [-0.2, -0.15) is 0 Å². The smallest absolute Gasteiger partial charge is 0.338 e. The molecular weight excluding hydrogens is 368 g/mol. The molecule has 1 N–H and O–H groups in total. The molecule has 0 bridgehead atoms. The van der Waals surface area contributed by atoms with Crippen LogP contribution in [0.4, 0.5) is 5.69 Å². The van der Waals surface area contributed by atoms with Gasteiger partial charge in [0.05, 0.1) is 10.5 Å². The van der Waals surface area contributed by atoms with Crippen LogP contribution in [-0.4, -0.2) is 45.3 Å². The molecule has 0 saturated heterocycles. The number of esters is 1. The molecule has 0 aliphatic rings. The van der Waals surface area contributed by atoms with Gasteiger partial charge in [0.2, 0.25) is 10.0 Å². The molecule has 27 heavy (non-hydrogen) atoms. The molecule has 144 valence electrons. The van der Waals surface area contributed by atoms with Crippen LogP contribution < -0.4 is 5.32 Å². The second-order valence-electron chi connectivity index (χ2n) is 5.99. The predicted octanol–water partition coefficient (Wildman–Crippen LogP) is 2.29. The Morgan fingerprint density at radius 3 is 2.33 bits per heavy atom. The lowest BCUT2D eigenvalue weighted by molar-refractivity contribution is -0.119. The van der Waals surface area contributed by atoms with E-state index in [-0.39, 0.29) is 4.90 Å². The minimum Gasteiger partial charge on any atom is -0.452 e. The second-order valence-corrected chi connectivity index (χ2v) is 8.14. The molecular formula is C19H22N2O5S. The summed E-state index contributed by atoms with van der Waals surface area (Å²) in [5, 5.41) is 2.52. The molecule has 0 aliphatic heterocycles. The van der Waals surface area contributed by atoms with E-state index in [9.17, 15) is 18.0 Å². The minimum atomic E-state index is -3.61. The number of carbonyl (C=O) groups is 2. The van der Waals surface area contributed by atoms with E-state index in [0.717, 1.165) is 16.3 Å². The summed E-state index contributed by atoms with van der Waals surface area (Å²) in [6.07, 6.45) is 0.861.